The summed E-state index contributed by atoms with van der Waals surface area (Å²) in [6, 6.07) is 10.3. The molecule has 0 saturated carbocycles. The van der Waals surface area contributed by atoms with Crippen LogP contribution >= 0.6 is 11.6 Å². The van der Waals surface area contributed by atoms with E-state index in [0.717, 1.165) is 0 Å². The monoisotopic (exact) mass is 374 g/mol. The van der Waals surface area contributed by atoms with Crippen LogP contribution in [0.5, 0.6) is 17.2 Å². The van der Waals surface area contributed by atoms with Gasteiger partial charge in [0, 0.05) is 12.1 Å². The minimum atomic E-state index is -0.381. The van der Waals surface area contributed by atoms with Crippen molar-refractivity contribution in [3.8, 4) is 17.2 Å². The van der Waals surface area contributed by atoms with E-state index in [1.165, 1.54) is 4.90 Å². The molecule has 2 amide bonds. The Morgan fingerprint density at radius 2 is 1.81 bits per heavy atom. The van der Waals surface area contributed by atoms with Crippen LogP contribution in [0.25, 0.3) is 0 Å². The standard InChI is InChI=1S/C18H15ClN2O5/c19-11-7-15-16(25-6-5-24-15)8-12(11)20-17(22)9-21-13-3-1-2-4-14(13)26-10-18(21)23/h1-4,7-8H,5-6,9-10H2,(H,20,22). The summed E-state index contributed by atoms with van der Waals surface area (Å²) >= 11 is 6.21. The maximum atomic E-state index is 12.5. The molecule has 0 atom stereocenters. The third-order valence-corrected chi connectivity index (χ3v) is 4.33. The van der Waals surface area contributed by atoms with E-state index in [-0.39, 0.29) is 25.0 Å². The van der Waals surface area contributed by atoms with Crippen molar-refractivity contribution < 1.29 is 23.8 Å². The molecule has 0 bridgehead atoms. The number of ether oxygens (including phenoxy) is 3. The molecule has 0 spiro atoms. The topological polar surface area (TPSA) is 77.1 Å². The third-order valence-electron chi connectivity index (χ3n) is 4.02. The quantitative estimate of drug-likeness (QED) is 0.893. The lowest BCUT2D eigenvalue weighted by molar-refractivity contribution is -0.123. The van der Waals surface area contributed by atoms with E-state index in [0.29, 0.717) is 46.9 Å². The predicted octanol–water partition coefficient (Wildman–Crippen LogP) is 2.48. The number of anilines is 2. The first kappa shape index (κ1) is 16.5. The van der Waals surface area contributed by atoms with Gasteiger partial charge in [0.15, 0.2) is 18.1 Å². The lowest BCUT2D eigenvalue weighted by Gasteiger charge is -2.28. The van der Waals surface area contributed by atoms with Crippen LogP contribution in [0.15, 0.2) is 36.4 Å². The summed E-state index contributed by atoms with van der Waals surface area (Å²) in [6.45, 7) is 0.633. The number of para-hydroxylation sites is 2. The lowest BCUT2D eigenvalue weighted by Crippen LogP contribution is -2.43. The van der Waals surface area contributed by atoms with E-state index in [1.807, 2.05) is 6.07 Å². The Hall–Kier alpha value is -2.93. The molecule has 0 unspecified atom stereocenters. The highest BCUT2D eigenvalue weighted by Crippen LogP contribution is 2.38. The zero-order valence-corrected chi connectivity index (χ0v) is 14.4. The second-order valence-corrected chi connectivity index (χ2v) is 6.17. The molecule has 8 heteroatoms. The van der Waals surface area contributed by atoms with Gasteiger partial charge in [-0.2, -0.15) is 0 Å². The maximum absolute atomic E-state index is 12.5. The van der Waals surface area contributed by atoms with Gasteiger partial charge >= 0.3 is 0 Å². The number of rotatable bonds is 3. The fraction of sp³-hybridized carbons (Fsp3) is 0.222. The molecular weight excluding hydrogens is 360 g/mol. The van der Waals surface area contributed by atoms with Crippen LogP contribution in [0.3, 0.4) is 0 Å². The second-order valence-electron chi connectivity index (χ2n) is 5.76. The van der Waals surface area contributed by atoms with Gasteiger partial charge in [-0.25, -0.2) is 0 Å². The van der Waals surface area contributed by atoms with E-state index in [2.05, 4.69) is 5.32 Å². The van der Waals surface area contributed by atoms with Crippen LogP contribution in [-0.2, 0) is 9.59 Å². The highest BCUT2D eigenvalue weighted by Gasteiger charge is 2.27. The highest BCUT2D eigenvalue weighted by molar-refractivity contribution is 6.34. The number of fused-ring (bicyclic) bond motifs is 2. The average molecular weight is 375 g/mol. The Balaban J connectivity index is 1.52. The van der Waals surface area contributed by atoms with Gasteiger partial charge in [-0.3, -0.25) is 14.5 Å². The first-order chi connectivity index (χ1) is 12.6. The van der Waals surface area contributed by atoms with Crippen LogP contribution in [0.1, 0.15) is 0 Å². The normalized spacial score (nSPS) is 15.1. The smallest absolute Gasteiger partial charge is 0.265 e. The number of halogens is 1. The van der Waals surface area contributed by atoms with Gasteiger partial charge in [-0.05, 0) is 12.1 Å². The fourth-order valence-electron chi connectivity index (χ4n) is 2.82. The van der Waals surface area contributed by atoms with Crippen LogP contribution in [0.4, 0.5) is 11.4 Å². The number of nitrogens with one attached hydrogen (secondary N) is 1. The van der Waals surface area contributed by atoms with Crippen molar-refractivity contribution in [3.05, 3.63) is 41.4 Å². The number of carbonyl (C=O) groups excluding carboxylic acids is 2. The molecule has 134 valence electrons. The van der Waals surface area contributed by atoms with Crippen molar-refractivity contribution in [1.82, 2.24) is 0 Å². The van der Waals surface area contributed by atoms with Gasteiger partial charge in [0.1, 0.15) is 25.5 Å². The van der Waals surface area contributed by atoms with Crippen molar-refractivity contribution in [1.29, 1.82) is 0 Å². The molecule has 1 N–H and O–H groups in total. The van der Waals surface area contributed by atoms with Gasteiger partial charge < -0.3 is 19.5 Å². The Morgan fingerprint density at radius 1 is 1.08 bits per heavy atom. The number of hydrogen-bond acceptors (Lipinski definition) is 5. The van der Waals surface area contributed by atoms with Gasteiger partial charge in [-0.15, -0.1) is 0 Å². The van der Waals surface area contributed by atoms with Crippen molar-refractivity contribution in [2.75, 3.05) is 36.6 Å². The summed E-state index contributed by atoms with van der Waals surface area (Å²) in [4.78, 5) is 26.0. The van der Waals surface area contributed by atoms with E-state index >= 15 is 0 Å². The number of amides is 2. The first-order valence-corrected chi connectivity index (χ1v) is 8.41. The molecule has 2 heterocycles. The molecule has 26 heavy (non-hydrogen) atoms. The minimum Gasteiger partial charge on any atom is -0.486 e. The maximum Gasteiger partial charge on any atom is 0.265 e. The molecular formula is C18H15ClN2O5. The molecule has 2 aromatic carbocycles. The Labute approximate surface area is 154 Å². The molecule has 0 aromatic heterocycles. The fourth-order valence-corrected chi connectivity index (χ4v) is 3.02. The van der Waals surface area contributed by atoms with E-state index in [1.54, 1.807) is 30.3 Å². The van der Waals surface area contributed by atoms with Crippen molar-refractivity contribution in [2.24, 2.45) is 0 Å². The number of nitrogens with zero attached hydrogens (tertiary/aromatic N) is 1. The van der Waals surface area contributed by atoms with Gasteiger partial charge in [-0.1, -0.05) is 23.7 Å². The molecule has 4 rings (SSSR count). The number of carbonyl (C=O) groups is 2. The SMILES string of the molecule is O=C(CN1C(=O)COc2ccccc21)Nc1cc2c(cc1Cl)OCCO2. The Morgan fingerprint density at radius 3 is 2.62 bits per heavy atom. The van der Waals surface area contributed by atoms with Crippen LogP contribution in [0.2, 0.25) is 5.02 Å². The Kier molecular flexibility index (Phi) is 4.30. The number of hydrogen-bond donors (Lipinski definition) is 1. The summed E-state index contributed by atoms with van der Waals surface area (Å²) in [5.41, 5.74) is 0.960. The van der Waals surface area contributed by atoms with Crippen molar-refractivity contribution in [3.63, 3.8) is 0 Å². The molecule has 0 aliphatic carbocycles. The van der Waals surface area contributed by atoms with Crippen LogP contribution < -0.4 is 24.4 Å². The summed E-state index contributed by atoms with van der Waals surface area (Å²) in [5.74, 6) is 0.957. The largest absolute Gasteiger partial charge is 0.486 e. The molecule has 7 nitrogen and oxygen atoms in total. The molecule has 0 fully saturated rings. The van der Waals surface area contributed by atoms with Crippen molar-refractivity contribution >= 4 is 34.8 Å². The average Bonchev–Trinajstić information content (AvgIpc) is 2.65. The zero-order valence-electron chi connectivity index (χ0n) is 13.7. The summed E-state index contributed by atoms with van der Waals surface area (Å²) in [7, 11) is 0. The van der Waals surface area contributed by atoms with Crippen molar-refractivity contribution in [2.45, 2.75) is 0 Å². The lowest BCUT2D eigenvalue weighted by atomic mass is 10.2. The second kappa shape index (κ2) is 6.76. The highest BCUT2D eigenvalue weighted by atomic mass is 35.5. The zero-order chi connectivity index (χ0) is 18.1. The first-order valence-electron chi connectivity index (χ1n) is 8.03. The summed E-state index contributed by atoms with van der Waals surface area (Å²) in [6.07, 6.45) is 0. The van der Waals surface area contributed by atoms with Gasteiger partial charge in [0.05, 0.1) is 16.4 Å². The molecule has 0 radical (unpaired) electrons. The molecule has 2 aliphatic rings. The Bertz CT molecular complexity index is 886. The minimum absolute atomic E-state index is 0.102. The predicted molar refractivity (Wildman–Crippen MR) is 95.4 cm³/mol. The number of benzene rings is 2. The van der Waals surface area contributed by atoms with E-state index in [9.17, 15) is 9.59 Å². The van der Waals surface area contributed by atoms with Crippen LogP contribution in [-0.4, -0.2) is 38.2 Å². The summed E-state index contributed by atoms with van der Waals surface area (Å²) < 4.78 is 16.3. The van der Waals surface area contributed by atoms with E-state index < -0.39 is 0 Å². The van der Waals surface area contributed by atoms with Gasteiger partial charge in [0.2, 0.25) is 5.91 Å². The molecule has 2 aliphatic heterocycles. The molecule has 2 aromatic rings. The summed E-state index contributed by atoms with van der Waals surface area (Å²) in [5, 5.41) is 3.05. The van der Waals surface area contributed by atoms with Gasteiger partial charge in [0.25, 0.3) is 5.91 Å². The van der Waals surface area contributed by atoms with Crippen LogP contribution in [0, 0.1) is 0 Å². The van der Waals surface area contributed by atoms with E-state index in [4.69, 9.17) is 25.8 Å². The molecule has 0 saturated heterocycles. The third kappa shape index (κ3) is 3.13.